The van der Waals surface area contributed by atoms with E-state index in [1.54, 1.807) is 19.2 Å². The zero-order valence-corrected chi connectivity index (χ0v) is 12.2. The molecule has 0 aromatic heterocycles. The van der Waals surface area contributed by atoms with Crippen molar-refractivity contribution in [2.45, 2.75) is 17.4 Å². The van der Waals surface area contributed by atoms with Crippen LogP contribution in [0.1, 0.15) is 12.0 Å². The van der Waals surface area contributed by atoms with Crippen LogP contribution in [0.15, 0.2) is 29.2 Å². The molecule has 1 fully saturated rings. The molecule has 0 radical (unpaired) electrons. The van der Waals surface area contributed by atoms with E-state index in [-0.39, 0.29) is 23.3 Å². The van der Waals surface area contributed by atoms with Crippen LogP contribution in [0.4, 0.5) is 0 Å². The van der Waals surface area contributed by atoms with E-state index in [9.17, 15) is 8.42 Å². The van der Waals surface area contributed by atoms with Crippen molar-refractivity contribution in [3.63, 3.8) is 0 Å². The predicted octanol–water partition coefficient (Wildman–Crippen LogP) is 0.962. The summed E-state index contributed by atoms with van der Waals surface area (Å²) in [5, 5.41) is 12.0. The fraction of sp³-hybridized carbons (Fsp3) is 0.417. The summed E-state index contributed by atoms with van der Waals surface area (Å²) in [6, 6.07) is 8.06. The molecular weight excluding hydrogens is 286 g/mol. The summed E-state index contributed by atoms with van der Waals surface area (Å²) < 4.78 is 26.1. The summed E-state index contributed by atoms with van der Waals surface area (Å²) in [5.74, 6) is 0. The van der Waals surface area contributed by atoms with Gasteiger partial charge in [-0.1, -0.05) is 6.07 Å². The van der Waals surface area contributed by atoms with Crippen molar-refractivity contribution >= 4 is 22.4 Å². The molecule has 0 aliphatic carbocycles. The Morgan fingerprint density at radius 3 is 2.79 bits per heavy atom. The predicted molar refractivity (Wildman–Crippen MR) is 74.6 cm³/mol. The number of hydrogen-bond acceptors (Lipinski definition) is 4. The molecule has 1 N–H and O–H groups in total. The number of benzene rings is 1. The van der Waals surface area contributed by atoms with Gasteiger partial charge in [0.2, 0.25) is 10.0 Å². The van der Waals surface area contributed by atoms with E-state index < -0.39 is 10.0 Å². The van der Waals surface area contributed by atoms with Crippen molar-refractivity contribution in [3.8, 4) is 6.07 Å². The third-order valence-electron chi connectivity index (χ3n) is 3.19. The quantitative estimate of drug-likeness (QED) is 0.902. The fourth-order valence-electron chi connectivity index (χ4n) is 2.04. The van der Waals surface area contributed by atoms with Crippen molar-refractivity contribution < 1.29 is 8.42 Å². The van der Waals surface area contributed by atoms with Gasteiger partial charge in [0.15, 0.2) is 0 Å². The Bertz CT molecular complexity index is 577. The maximum Gasteiger partial charge on any atom is 0.243 e. The molecule has 0 bridgehead atoms. The van der Waals surface area contributed by atoms with Crippen molar-refractivity contribution in [1.29, 1.82) is 5.26 Å². The van der Waals surface area contributed by atoms with Crippen LogP contribution in [0.25, 0.3) is 0 Å². The Hall–Kier alpha value is -1.13. The molecule has 5 nitrogen and oxygen atoms in total. The first kappa shape index (κ1) is 15.9. The van der Waals surface area contributed by atoms with Crippen LogP contribution in [0.5, 0.6) is 0 Å². The van der Waals surface area contributed by atoms with Gasteiger partial charge in [0, 0.05) is 19.6 Å². The summed E-state index contributed by atoms with van der Waals surface area (Å²) in [4.78, 5) is 0.177. The molecule has 1 atom stereocenters. The second-order valence-corrected chi connectivity index (χ2v) is 6.31. The van der Waals surface area contributed by atoms with Crippen molar-refractivity contribution in [1.82, 2.24) is 9.62 Å². The van der Waals surface area contributed by atoms with Crippen LogP contribution in [-0.4, -0.2) is 38.9 Å². The molecule has 1 aromatic rings. The Morgan fingerprint density at radius 1 is 1.47 bits per heavy atom. The number of sulfonamides is 1. The number of nitrogens with one attached hydrogen (secondary N) is 1. The van der Waals surface area contributed by atoms with Crippen LogP contribution in [0.2, 0.25) is 0 Å². The molecule has 7 heteroatoms. The molecule has 19 heavy (non-hydrogen) atoms. The summed E-state index contributed by atoms with van der Waals surface area (Å²) in [7, 11) is -1.92. The number of rotatable bonds is 3. The van der Waals surface area contributed by atoms with E-state index in [1.165, 1.54) is 16.4 Å². The lowest BCUT2D eigenvalue weighted by Gasteiger charge is -2.23. The summed E-state index contributed by atoms with van der Waals surface area (Å²) in [5.41, 5.74) is 0.356. The summed E-state index contributed by atoms with van der Waals surface area (Å²) in [6.45, 7) is 1.51. The molecular formula is C12H16ClN3O2S. The third kappa shape index (κ3) is 3.25. The van der Waals surface area contributed by atoms with E-state index in [0.717, 1.165) is 13.0 Å². The first-order valence-corrected chi connectivity index (χ1v) is 7.18. The lowest BCUT2D eigenvalue weighted by Crippen LogP contribution is -2.38. The van der Waals surface area contributed by atoms with Gasteiger partial charge in [-0.15, -0.1) is 12.4 Å². The van der Waals surface area contributed by atoms with Crippen molar-refractivity contribution in [2.24, 2.45) is 0 Å². The molecule has 1 saturated heterocycles. The lowest BCUT2D eigenvalue weighted by atomic mass is 10.2. The first-order valence-electron chi connectivity index (χ1n) is 5.74. The highest BCUT2D eigenvalue weighted by atomic mass is 35.5. The van der Waals surface area contributed by atoms with E-state index >= 15 is 0 Å². The van der Waals surface area contributed by atoms with Gasteiger partial charge in [-0.05, 0) is 31.2 Å². The van der Waals surface area contributed by atoms with Gasteiger partial charge in [0.25, 0.3) is 0 Å². The smallest absolute Gasteiger partial charge is 0.243 e. The molecule has 0 amide bonds. The first-order chi connectivity index (χ1) is 8.55. The molecule has 1 aliphatic heterocycles. The molecule has 0 saturated carbocycles. The van der Waals surface area contributed by atoms with Crippen LogP contribution in [0.3, 0.4) is 0 Å². The normalized spacial score (nSPS) is 18.9. The molecule has 0 spiro atoms. The van der Waals surface area contributed by atoms with Crippen molar-refractivity contribution in [3.05, 3.63) is 29.8 Å². The highest BCUT2D eigenvalue weighted by molar-refractivity contribution is 7.89. The Morgan fingerprint density at radius 2 is 2.21 bits per heavy atom. The minimum atomic E-state index is -3.51. The Balaban J connectivity index is 0.00000180. The van der Waals surface area contributed by atoms with Crippen molar-refractivity contribution in [2.75, 3.05) is 20.1 Å². The number of hydrogen-bond donors (Lipinski definition) is 1. The van der Waals surface area contributed by atoms with Gasteiger partial charge < -0.3 is 5.32 Å². The van der Waals surface area contributed by atoms with Gasteiger partial charge in [0.1, 0.15) is 0 Å². The molecule has 2 rings (SSSR count). The molecule has 1 heterocycles. The molecule has 1 aromatic carbocycles. The highest BCUT2D eigenvalue weighted by Crippen LogP contribution is 2.19. The average Bonchev–Trinajstić information content (AvgIpc) is 2.91. The largest absolute Gasteiger partial charge is 0.315 e. The van der Waals surface area contributed by atoms with Crippen LogP contribution in [0, 0.1) is 11.3 Å². The van der Waals surface area contributed by atoms with E-state index in [0.29, 0.717) is 12.1 Å². The van der Waals surface area contributed by atoms with Crippen LogP contribution in [-0.2, 0) is 10.0 Å². The van der Waals surface area contributed by atoms with Gasteiger partial charge in [0.05, 0.1) is 16.5 Å². The summed E-state index contributed by atoms with van der Waals surface area (Å²) >= 11 is 0. The van der Waals surface area contributed by atoms with E-state index in [4.69, 9.17) is 5.26 Å². The molecule has 1 unspecified atom stereocenters. The second kappa shape index (κ2) is 6.35. The van der Waals surface area contributed by atoms with Gasteiger partial charge in [-0.25, -0.2) is 8.42 Å². The average molecular weight is 302 g/mol. The number of nitrogens with zero attached hydrogens (tertiary/aromatic N) is 2. The highest BCUT2D eigenvalue weighted by Gasteiger charge is 2.29. The van der Waals surface area contributed by atoms with E-state index in [2.05, 4.69) is 5.32 Å². The number of nitriles is 1. The SMILES string of the molecule is CN(C1CCNC1)S(=O)(=O)c1cccc(C#N)c1.Cl. The van der Waals surface area contributed by atoms with Gasteiger partial charge >= 0.3 is 0 Å². The minimum Gasteiger partial charge on any atom is -0.315 e. The van der Waals surface area contributed by atoms with Gasteiger partial charge in [-0.2, -0.15) is 9.57 Å². The standard InChI is InChI=1S/C12H15N3O2S.ClH/c1-15(11-5-6-14-9-11)18(16,17)12-4-2-3-10(7-12)8-13;/h2-4,7,11,14H,5-6,9H2,1H3;1H. The molecule has 1 aliphatic rings. The second-order valence-electron chi connectivity index (χ2n) is 4.31. The Labute approximate surface area is 119 Å². The lowest BCUT2D eigenvalue weighted by molar-refractivity contribution is 0.388. The van der Waals surface area contributed by atoms with Crippen LogP contribution < -0.4 is 5.32 Å². The summed E-state index contributed by atoms with van der Waals surface area (Å²) in [6.07, 6.45) is 0.813. The molecule has 104 valence electrons. The Kier molecular flexibility index (Phi) is 5.32. The van der Waals surface area contributed by atoms with Gasteiger partial charge in [-0.3, -0.25) is 0 Å². The third-order valence-corrected chi connectivity index (χ3v) is 5.09. The van der Waals surface area contributed by atoms with E-state index in [1.807, 2.05) is 6.07 Å². The monoisotopic (exact) mass is 301 g/mol. The zero-order valence-electron chi connectivity index (χ0n) is 10.5. The minimum absolute atomic E-state index is 0. The topological polar surface area (TPSA) is 73.2 Å². The zero-order chi connectivity index (χ0) is 13.2. The maximum atomic E-state index is 12.4. The fourth-order valence-corrected chi connectivity index (χ4v) is 3.47. The number of halogens is 1. The van der Waals surface area contributed by atoms with Crippen LogP contribution >= 0.6 is 12.4 Å². The maximum absolute atomic E-state index is 12.4. The number of likely N-dealkylation sites (N-methyl/N-ethyl adjacent to an activating group) is 1.